The molecule has 1 aliphatic rings. The minimum absolute atomic E-state index is 1.33. The van der Waals surface area contributed by atoms with Gasteiger partial charge in [0.2, 0.25) is 0 Å². The molecule has 6 rings (SSSR count). The maximum atomic E-state index is 4.19. The maximum Gasteiger partial charge on any atom is 0.147 e. The Bertz CT molecular complexity index is 1110. The van der Waals surface area contributed by atoms with Gasteiger partial charge in [0.1, 0.15) is 6.26 Å². The quantitative estimate of drug-likeness (QED) is 0.192. The standard InChI is InChI=1S/C20H12.C3H3NO2/c1-5-13-6-2-11-17-18-12-4-8-14-7-3-10-16(20(14)18)15(9-1)19(13)17;1-2-4-6-5-3-1/h1-12H;1-3H. The van der Waals surface area contributed by atoms with Crippen LogP contribution in [0, 0.1) is 0 Å². The fourth-order valence-corrected chi connectivity index (χ4v) is 3.76. The van der Waals surface area contributed by atoms with Crippen LogP contribution in [0.1, 0.15) is 0 Å². The van der Waals surface area contributed by atoms with Crippen molar-refractivity contribution in [3.8, 4) is 0 Å². The molecule has 0 saturated heterocycles. The third-order valence-electron chi connectivity index (χ3n) is 4.76. The second-order valence-electron chi connectivity index (χ2n) is 6.17. The Morgan fingerprint density at radius 3 is 1.31 bits per heavy atom. The van der Waals surface area contributed by atoms with Crippen molar-refractivity contribution in [2.75, 3.05) is 0 Å². The van der Waals surface area contributed by atoms with Crippen LogP contribution in [0.25, 0.3) is 43.1 Å². The molecule has 0 N–H and O–H groups in total. The van der Waals surface area contributed by atoms with Crippen molar-refractivity contribution in [3.05, 3.63) is 85.1 Å². The van der Waals surface area contributed by atoms with Crippen molar-refractivity contribution in [2.45, 2.75) is 0 Å². The van der Waals surface area contributed by atoms with Crippen LogP contribution >= 0.6 is 0 Å². The molecule has 1 aliphatic heterocycles. The highest BCUT2D eigenvalue weighted by molar-refractivity contribution is 6.32. The van der Waals surface area contributed by atoms with Crippen LogP contribution in [0.15, 0.2) is 90.3 Å². The van der Waals surface area contributed by atoms with Crippen LogP contribution in [-0.4, -0.2) is 6.21 Å². The van der Waals surface area contributed by atoms with Gasteiger partial charge in [0.25, 0.3) is 0 Å². The Labute approximate surface area is 150 Å². The van der Waals surface area contributed by atoms with E-state index in [2.05, 4.69) is 87.8 Å². The molecule has 0 aliphatic carbocycles. The van der Waals surface area contributed by atoms with Crippen LogP contribution in [0.3, 0.4) is 0 Å². The summed E-state index contributed by atoms with van der Waals surface area (Å²) in [6.07, 6.45) is 4.51. The second-order valence-corrected chi connectivity index (χ2v) is 6.17. The molecule has 1 heterocycles. The summed E-state index contributed by atoms with van der Waals surface area (Å²) in [5.74, 6) is 0. The SMILES string of the molecule is C1=COON=C1.c1cc2cccc3c4cccc5cccc(c(c1)c23)c54. The predicted molar refractivity (Wildman–Crippen MR) is 107 cm³/mol. The first-order valence-electron chi connectivity index (χ1n) is 8.49. The average molecular weight is 337 g/mol. The van der Waals surface area contributed by atoms with Crippen molar-refractivity contribution in [1.29, 1.82) is 0 Å². The molecule has 3 heteroatoms. The molecule has 124 valence electrons. The molecule has 0 amide bonds. The number of benzene rings is 5. The lowest BCUT2D eigenvalue weighted by Crippen LogP contribution is -1.85. The summed E-state index contributed by atoms with van der Waals surface area (Å²) in [5.41, 5.74) is 0. The topological polar surface area (TPSA) is 30.8 Å². The van der Waals surface area contributed by atoms with Gasteiger partial charge in [0.05, 0.1) is 6.21 Å². The fraction of sp³-hybridized carbons (Fsp3) is 0. The normalized spacial score (nSPS) is 12.9. The number of oxime groups is 1. The molecule has 3 nitrogen and oxygen atoms in total. The van der Waals surface area contributed by atoms with E-state index in [9.17, 15) is 0 Å². The third-order valence-corrected chi connectivity index (χ3v) is 4.76. The summed E-state index contributed by atoms with van der Waals surface area (Å²) in [7, 11) is 0. The second kappa shape index (κ2) is 6.05. The molecule has 0 bridgehead atoms. The number of hydrogen-bond donors (Lipinski definition) is 0. The summed E-state index contributed by atoms with van der Waals surface area (Å²) < 4.78 is 0. The molecule has 0 saturated carbocycles. The lowest BCUT2D eigenvalue weighted by Gasteiger charge is -2.13. The van der Waals surface area contributed by atoms with E-state index in [-0.39, 0.29) is 0 Å². The number of rotatable bonds is 0. The van der Waals surface area contributed by atoms with Crippen LogP contribution in [0.4, 0.5) is 0 Å². The average Bonchev–Trinajstić information content (AvgIpc) is 2.73. The van der Waals surface area contributed by atoms with E-state index < -0.39 is 0 Å². The number of hydrogen-bond acceptors (Lipinski definition) is 3. The van der Waals surface area contributed by atoms with Gasteiger partial charge in [0.15, 0.2) is 0 Å². The monoisotopic (exact) mass is 337 g/mol. The van der Waals surface area contributed by atoms with Crippen LogP contribution in [-0.2, 0) is 9.88 Å². The molecule has 0 atom stereocenters. The zero-order valence-corrected chi connectivity index (χ0v) is 13.9. The molecule has 5 aromatic rings. The fourth-order valence-electron chi connectivity index (χ4n) is 3.76. The van der Waals surface area contributed by atoms with Crippen LogP contribution in [0.5, 0.6) is 0 Å². The molecular formula is C23H15NO2. The molecule has 0 fully saturated rings. The molecule has 0 aromatic heterocycles. The number of fused-ring (bicyclic) bond motifs is 2. The minimum Gasteiger partial charge on any atom is -0.275 e. The van der Waals surface area contributed by atoms with Crippen molar-refractivity contribution in [3.63, 3.8) is 0 Å². The smallest absolute Gasteiger partial charge is 0.147 e. The van der Waals surface area contributed by atoms with Gasteiger partial charge in [-0.25, -0.2) is 0 Å². The van der Waals surface area contributed by atoms with Gasteiger partial charge in [-0.2, -0.15) is 4.99 Å². The number of nitrogens with zero attached hydrogens (tertiary/aromatic N) is 1. The van der Waals surface area contributed by atoms with Crippen molar-refractivity contribution < 1.29 is 9.88 Å². The van der Waals surface area contributed by atoms with E-state index in [1.54, 1.807) is 6.08 Å². The minimum atomic E-state index is 1.33. The lowest BCUT2D eigenvalue weighted by molar-refractivity contribution is -0.251. The predicted octanol–water partition coefficient (Wildman–Crippen LogP) is 6.18. The van der Waals surface area contributed by atoms with Crippen molar-refractivity contribution in [2.24, 2.45) is 5.16 Å². The van der Waals surface area contributed by atoms with Gasteiger partial charge >= 0.3 is 0 Å². The van der Waals surface area contributed by atoms with E-state index in [1.165, 1.54) is 55.6 Å². The van der Waals surface area contributed by atoms with Crippen LogP contribution in [0.2, 0.25) is 0 Å². The summed E-state index contributed by atoms with van der Waals surface area (Å²) in [6.45, 7) is 0. The van der Waals surface area contributed by atoms with Gasteiger partial charge in [-0.1, -0.05) is 72.8 Å². The zero-order chi connectivity index (χ0) is 17.3. The maximum absolute atomic E-state index is 4.19. The first-order chi connectivity index (χ1) is 12.9. The van der Waals surface area contributed by atoms with Gasteiger partial charge in [-0.15, -0.1) is 0 Å². The highest BCUT2D eigenvalue weighted by Crippen LogP contribution is 2.39. The number of allylic oxidation sites excluding steroid dienone is 1. The van der Waals surface area contributed by atoms with Gasteiger partial charge < -0.3 is 0 Å². The highest BCUT2D eigenvalue weighted by Gasteiger charge is 2.11. The van der Waals surface area contributed by atoms with Crippen molar-refractivity contribution >= 4 is 49.3 Å². The Morgan fingerprint density at radius 1 is 0.577 bits per heavy atom. The van der Waals surface area contributed by atoms with Gasteiger partial charge in [0, 0.05) is 0 Å². The highest BCUT2D eigenvalue weighted by atomic mass is 17.3. The van der Waals surface area contributed by atoms with E-state index in [0.29, 0.717) is 0 Å². The largest absolute Gasteiger partial charge is 0.275 e. The molecule has 0 radical (unpaired) electrons. The molecule has 0 unspecified atom stereocenters. The van der Waals surface area contributed by atoms with E-state index >= 15 is 0 Å². The Morgan fingerprint density at radius 2 is 1.04 bits per heavy atom. The molecule has 0 spiro atoms. The Kier molecular flexibility index (Phi) is 3.42. The summed E-state index contributed by atoms with van der Waals surface area (Å²) in [4.78, 5) is 8.24. The molecule has 26 heavy (non-hydrogen) atoms. The van der Waals surface area contributed by atoms with Gasteiger partial charge in [-0.05, 0) is 54.3 Å². The third kappa shape index (κ3) is 2.25. The van der Waals surface area contributed by atoms with Crippen LogP contribution < -0.4 is 0 Å². The summed E-state index contributed by atoms with van der Waals surface area (Å²) >= 11 is 0. The first-order valence-corrected chi connectivity index (χ1v) is 8.49. The Balaban J connectivity index is 0.000000215. The molecular weight excluding hydrogens is 322 g/mol. The lowest BCUT2D eigenvalue weighted by atomic mass is 9.90. The summed E-state index contributed by atoms with van der Waals surface area (Å²) in [5, 5.41) is 14.1. The summed E-state index contributed by atoms with van der Waals surface area (Å²) in [6, 6.07) is 26.4. The van der Waals surface area contributed by atoms with Crippen molar-refractivity contribution in [1.82, 2.24) is 0 Å². The van der Waals surface area contributed by atoms with E-state index in [4.69, 9.17) is 0 Å². The van der Waals surface area contributed by atoms with E-state index in [0.717, 1.165) is 0 Å². The first kappa shape index (κ1) is 14.7. The molecule has 5 aromatic carbocycles. The zero-order valence-electron chi connectivity index (χ0n) is 13.9. The Hall–Kier alpha value is -3.59. The van der Waals surface area contributed by atoms with Gasteiger partial charge in [-0.3, -0.25) is 4.89 Å². The van der Waals surface area contributed by atoms with E-state index in [1.807, 2.05) is 0 Å².